The summed E-state index contributed by atoms with van der Waals surface area (Å²) in [6, 6.07) is 8.45. The monoisotopic (exact) mass is 379 g/mol. The predicted molar refractivity (Wildman–Crippen MR) is 92.4 cm³/mol. The number of esters is 1. The van der Waals surface area contributed by atoms with E-state index in [2.05, 4.69) is 5.32 Å². The summed E-state index contributed by atoms with van der Waals surface area (Å²) in [6.45, 7) is 0.515. The van der Waals surface area contributed by atoms with Crippen molar-refractivity contribution < 1.29 is 28.2 Å². The summed E-state index contributed by atoms with van der Waals surface area (Å²) in [7, 11) is 0. The third-order valence-electron chi connectivity index (χ3n) is 3.51. The number of halogens is 2. The molecule has 0 bridgehead atoms. The van der Waals surface area contributed by atoms with Gasteiger partial charge in [0.2, 0.25) is 0 Å². The molecule has 0 saturated heterocycles. The van der Waals surface area contributed by atoms with Crippen LogP contribution in [0.25, 0.3) is 0 Å². The molecule has 1 heterocycles. The number of carbonyl (C=O) groups is 2. The van der Waals surface area contributed by atoms with E-state index in [-0.39, 0.29) is 10.6 Å². The molecule has 0 atom stereocenters. The van der Waals surface area contributed by atoms with E-state index in [0.717, 1.165) is 18.6 Å². The number of ether oxygens (including phenoxy) is 3. The summed E-state index contributed by atoms with van der Waals surface area (Å²) in [5, 5.41) is 2.76. The molecule has 0 spiro atoms. The fraction of sp³-hybridized carbons (Fsp3) is 0.222. The fourth-order valence-corrected chi connectivity index (χ4v) is 2.47. The van der Waals surface area contributed by atoms with Crippen LogP contribution < -0.4 is 14.8 Å². The molecule has 1 amide bonds. The van der Waals surface area contributed by atoms with E-state index in [1.54, 1.807) is 18.2 Å². The van der Waals surface area contributed by atoms with Crippen molar-refractivity contribution in [3.8, 4) is 11.5 Å². The third kappa shape index (κ3) is 4.43. The minimum absolute atomic E-state index is 0.190. The van der Waals surface area contributed by atoms with Crippen molar-refractivity contribution in [1.82, 2.24) is 0 Å². The summed E-state index contributed by atoms with van der Waals surface area (Å²) in [5.41, 5.74) is 0.130. The number of hydrogen-bond acceptors (Lipinski definition) is 5. The van der Waals surface area contributed by atoms with E-state index in [1.807, 2.05) is 0 Å². The standard InChI is InChI=1S/C18H15ClFNO5/c19-11-2-4-14(20)13(8-11)18(23)26-10-17(22)21-12-3-5-15-16(9-12)25-7-1-6-24-15/h2-5,8-9H,1,6-7,10H2,(H,21,22). The Morgan fingerprint density at radius 1 is 1.12 bits per heavy atom. The van der Waals surface area contributed by atoms with E-state index in [1.165, 1.54) is 6.07 Å². The zero-order chi connectivity index (χ0) is 18.5. The second kappa shape index (κ2) is 8.05. The number of hydrogen-bond donors (Lipinski definition) is 1. The van der Waals surface area contributed by atoms with Gasteiger partial charge in [-0.2, -0.15) is 0 Å². The molecule has 0 fully saturated rings. The second-order valence-electron chi connectivity index (χ2n) is 5.46. The molecule has 8 heteroatoms. The van der Waals surface area contributed by atoms with Crippen molar-refractivity contribution >= 4 is 29.2 Å². The average Bonchev–Trinajstić information content (AvgIpc) is 2.86. The molecule has 2 aromatic rings. The molecule has 136 valence electrons. The van der Waals surface area contributed by atoms with Crippen molar-refractivity contribution in [2.45, 2.75) is 6.42 Å². The average molecular weight is 380 g/mol. The zero-order valence-electron chi connectivity index (χ0n) is 13.6. The molecule has 1 aliphatic rings. The van der Waals surface area contributed by atoms with Gasteiger partial charge < -0.3 is 19.5 Å². The summed E-state index contributed by atoms with van der Waals surface area (Å²) < 4.78 is 29.5. The van der Waals surface area contributed by atoms with Crippen LogP contribution in [-0.4, -0.2) is 31.7 Å². The maximum absolute atomic E-state index is 13.6. The van der Waals surface area contributed by atoms with Gasteiger partial charge in [-0.05, 0) is 30.3 Å². The van der Waals surface area contributed by atoms with Crippen LogP contribution in [0.2, 0.25) is 5.02 Å². The van der Waals surface area contributed by atoms with Crippen LogP contribution in [0.15, 0.2) is 36.4 Å². The van der Waals surface area contributed by atoms with E-state index in [0.29, 0.717) is 30.4 Å². The zero-order valence-corrected chi connectivity index (χ0v) is 14.3. The lowest BCUT2D eigenvalue weighted by Gasteiger charge is -2.11. The lowest BCUT2D eigenvalue weighted by molar-refractivity contribution is -0.119. The van der Waals surface area contributed by atoms with Gasteiger partial charge in [0, 0.05) is 23.2 Å². The van der Waals surface area contributed by atoms with Gasteiger partial charge in [-0.1, -0.05) is 11.6 Å². The lowest BCUT2D eigenvalue weighted by Crippen LogP contribution is -2.21. The van der Waals surface area contributed by atoms with Gasteiger partial charge in [-0.25, -0.2) is 9.18 Å². The molecule has 0 saturated carbocycles. The number of anilines is 1. The molecule has 1 N–H and O–H groups in total. The number of fused-ring (bicyclic) bond motifs is 1. The Hall–Kier alpha value is -2.80. The number of nitrogens with one attached hydrogen (secondary N) is 1. The topological polar surface area (TPSA) is 73.9 Å². The molecule has 1 aliphatic heterocycles. The van der Waals surface area contributed by atoms with Gasteiger partial charge in [0.25, 0.3) is 5.91 Å². The van der Waals surface area contributed by atoms with Crippen LogP contribution in [0.1, 0.15) is 16.8 Å². The molecule has 2 aromatic carbocycles. The molecule has 0 radical (unpaired) electrons. The summed E-state index contributed by atoms with van der Waals surface area (Å²) >= 11 is 5.72. The molecule has 6 nitrogen and oxygen atoms in total. The first kappa shape index (κ1) is 18.0. The Bertz CT molecular complexity index is 842. The number of benzene rings is 2. The van der Waals surface area contributed by atoms with Crippen LogP contribution in [0.5, 0.6) is 11.5 Å². The van der Waals surface area contributed by atoms with E-state index in [4.69, 9.17) is 25.8 Å². The van der Waals surface area contributed by atoms with E-state index < -0.39 is 24.3 Å². The second-order valence-corrected chi connectivity index (χ2v) is 5.90. The third-order valence-corrected chi connectivity index (χ3v) is 3.75. The Morgan fingerprint density at radius 3 is 2.69 bits per heavy atom. The Labute approximate surface area is 153 Å². The highest BCUT2D eigenvalue weighted by Crippen LogP contribution is 2.32. The minimum atomic E-state index is -0.973. The summed E-state index contributed by atoms with van der Waals surface area (Å²) in [4.78, 5) is 23.8. The van der Waals surface area contributed by atoms with Crippen LogP contribution in [0.4, 0.5) is 10.1 Å². The first-order valence-electron chi connectivity index (χ1n) is 7.84. The smallest absolute Gasteiger partial charge is 0.341 e. The number of rotatable bonds is 4. The highest BCUT2D eigenvalue weighted by Gasteiger charge is 2.16. The molecule has 0 aliphatic carbocycles. The Kier molecular flexibility index (Phi) is 5.58. The minimum Gasteiger partial charge on any atom is -0.490 e. The van der Waals surface area contributed by atoms with Gasteiger partial charge in [0.1, 0.15) is 5.82 Å². The Morgan fingerprint density at radius 2 is 1.88 bits per heavy atom. The van der Waals surface area contributed by atoms with Crippen LogP contribution in [0.3, 0.4) is 0 Å². The summed E-state index contributed by atoms with van der Waals surface area (Å²) in [5.74, 6) is -1.20. The summed E-state index contributed by atoms with van der Waals surface area (Å²) in [6.07, 6.45) is 0.770. The molecule has 0 aromatic heterocycles. The predicted octanol–water partition coefficient (Wildman–Crippen LogP) is 3.44. The maximum Gasteiger partial charge on any atom is 0.341 e. The SMILES string of the molecule is O=C(COC(=O)c1cc(Cl)ccc1F)Nc1ccc2c(c1)OCCCO2. The van der Waals surface area contributed by atoms with Crippen LogP contribution >= 0.6 is 11.6 Å². The van der Waals surface area contributed by atoms with E-state index >= 15 is 0 Å². The number of amides is 1. The molecule has 26 heavy (non-hydrogen) atoms. The molecule has 0 unspecified atom stereocenters. The molecule has 3 rings (SSSR count). The normalized spacial score (nSPS) is 12.8. The van der Waals surface area contributed by atoms with Crippen LogP contribution in [-0.2, 0) is 9.53 Å². The van der Waals surface area contributed by atoms with E-state index in [9.17, 15) is 14.0 Å². The van der Waals surface area contributed by atoms with Crippen molar-refractivity contribution in [2.24, 2.45) is 0 Å². The van der Waals surface area contributed by atoms with Crippen molar-refractivity contribution in [3.63, 3.8) is 0 Å². The number of carbonyl (C=O) groups excluding carboxylic acids is 2. The van der Waals surface area contributed by atoms with Gasteiger partial charge in [-0.15, -0.1) is 0 Å². The highest BCUT2D eigenvalue weighted by molar-refractivity contribution is 6.30. The lowest BCUT2D eigenvalue weighted by atomic mass is 10.2. The molecular formula is C18H15ClFNO5. The van der Waals surface area contributed by atoms with Crippen molar-refractivity contribution in [1.29, 1.82) is 0 Å². The van der Waals surface area contributed by atoms with Gasteiger partial charge in [0.05, 0.1) is 18.8 Å². The maximum atomic E-state index is 13.6. The van der Waals surface area contributed by atoms with Gasteiger partial charge in [-0.3, -0.25) is 4.79 Å². The van der Waals surface area contributed by atoms with Crippen molar-refractivity contribution in [2.75, 3.05) is 25.1 Å². The quantitative estimate of drug-likeness (QED) is 0.824. The van der Waals surface area contributed by atoms with Crippen LogP contribution in [0, 0.1) is 5.82 Å². The van der Waals surface area contributed by atoms with Gasteiger partial charge >= 0.3 is 5.97 Å². The first-order chi connectivity index (χ1) is 12.5. The van der Waals surface area contributed by atoms with Crippen molar-refractivity contribution in [3.05, 3.63) is 52.8 Å². The highest BCUT2D eigenvalue weighted by atomic mass is 35.5. The fourth-order valence-electron chi connectivity index (χ4n) is 2.30. The first-order valence-corrected chi connectivity index (χ1v) is 8.22. The Balaban J connectivity index is 1.58. The largest absolute Gasteiger partial charge is 0.490 e. The van der Waals surface area contributed by atoms with Gasteiger partial charge in [0.15, 0.2) is 18.1 Å². The molecular weight excluding hydrogens is 365 g/mol.